The van der Waals surface area contributed by atoms with E-state index in [0.29, 0.717) is 17.0 Å². The van der Waals surface area contributed by atoms with Crippen LogP contribution in [0.1, 0.15) is 11.4 Å². The number of nitrogens with zero attached hydrogens (tertiary/aromatic N) is 2. The van der Waals surface area contributed by atoms with Gasteiger partial charge in [0.2, 0.25) is 0 Å². The van der Waals surface area contributed by atoms with Gasteiger partial charge in [-0.05, 0) is 13.0 Å². The third kappa shape index (κ3) is 2.52. The lowest BCUT2D eigenvalue weighted by Crippen LogP contribution is -2.24. The van der Waals surface area contributed by atoms with Crippen molar-refractivity contribution in [3.63, 3.8) is 0 Å². The van der Waals surface area contributed by atoms with Crippen LogP contribution < -0.4 is 9.60 Å². The van der Waals surface area contributed by atoms with Crippen molar-refractivity contribution >= 4 is 21.4 Å². The molecule has 0 atom stereocenters. The lowest BCUT2D eigenvalue weighted by atomic mass is 10.4. The molecule has 2 heterocycles. The molecule has 0 unspecified atom stereocenters. The number of H-pyrrole nitrogens is 1. The highest BCUT2D eigenvalue weighted by molar-refractivity contribution is 7.91. The van der Waals surface area contributed by atoms with Gasteiger partial charge >= 0.3 is 4.87 Å². The summed E-state index contributed by atoms with van der Waals surface area (Å²) in [6.45, 7) is 1.68. The van der Waals surface area contributed by atoms with Crippen LogP contribution in [0.4, 0.5) is 0 Å². The summed E-state index contributed by atoms with van der Waals surface area (Å²) in [5.41, 5.74) is 1.08. The van der Waals surface area contributed by atoms with Crippen molar-refractivity contribution in [1.82, 2.24) is 19.5 Å². The number of nitrogens with one attached hydrogen (secondary N) is 2. The lowest BCUT2D eigenvalue weighted by molar-refractivity contribution is 0.578. The molecule has 0 aliphatic rings. The SMILES string of the molecule is Cc1[nH]c(=O)sc1S(=O)(=O)NCc1ccnn1C. The Labute approximate surface area is 108 Å². The van der Waals surface area contributed by atoms with Gasteiger partial charge in [-0.3, -0.25) is 9.48 Å². The fourth-order valence-electron chi connectivity index (χ4n) is 1.46. The number of sulfonamides is 1. The Bertz CT molecular complexity index is 710. The van der Waals surface area contributed by atoms with E-state index in [4.69, 9.17) is 0 Å². The van der Waals surface area contributed by atoms with Gasteiger partial charge in [-0.1, -0.05) is 11.3 Å². The standard InChI is InChI=1S/C9H12N4O3S2/c1-6-8(17-9(14)12-6)18(15,16)11-5-7-3-4-10-13(7)2/h3-4,11H,5H2,1-2H3,(H,12,14). The molecule has 0 aromatic carbocycles. The van der Waals surface area contributed by atoms with Crippen LogP contribution in [0.5, 0.6) is 0 Å². The minimum atomic E-state index is -3.67. The molecular weight excluding hydrogens is 276 g/mol. The van der Waals surface area contributed by atoms with E-state index in [1.807, 2.05) is 0 Å². The zero-order valence-corrected chi connectivity index (χ0v) is 11.4. The summed E-state index contributed by atoms with van der Waals surface area (Å²) in [6, 6.07) is 1.72. The van der Waals surface area contributed by atoms with E-state index in [1.54, 1.807) is 30.9 Å². The Morgan fingerprint density at radius 3 is 2.78 bits per heavy atom. The maximum atomic E-state index is 12.0. The molecule has 0 aliphatic heterocycles. The first kappa shape index (κ1) is 13.0. The summed E-state index contributed by atoms with van der Waals surface area (Å²) in [7, 11) is -1.94. The lowest BCUT2D eigenvalue weighted by Gasteiger charge is -2.05. The normalized spacial score (nSPS) is 11.9. The highest BCUT2D eigenvalue weighted by atomic mass is 32.2. The van der Waals surface area contributed by atoms with Crippen LogP contribution in [0.2, 0.25) is 0 Å². The van der Waals surface area contributed by atoms with Crippen LogP contribution in [0.25, 0.3) is 0 Å². The zero-order valence-electron chi connectivity index (χ0n) is 9.80. The zero-order chi connectivity index (χ0) is 13.3. The fraction of sp³-hybridized carbons (Fsp3) is 0.333. The van der Waals surface area contributed by atoms with Gasteiger partial charge in [0.15, 0.2) is 4.21 Å². The van der Waals surface area contributed by atoms with Crippen molar-refractivity contribution in [3.8, 4) is 0 Å². The molecule has 0 saturated carbocycles. The molecule has 0 amide bonds. The Morgan fingerprint density at radius 2 is 2.28 bits per heavy atom. The van der Waals surface area contributed by atoms with Crippen molar-refractivity contribution in [1.29, 1.82) is 0 Å². The molecule has 98 valence electrons. The van der Waals surface area contributed by atoms with Gasteiger partial charge in [0.1, 0.15) is 0 Å². The van der Waals surface area contributed by atoms with E-state index >= 15 is 0 Å². The van der Waals surface area contributed by atoms with Crippen molar-refractivity contribution in [3.05, 3.63) is 33.3 Å². The molecule has 18 heavy (non-hydrogen) atoms. The third-order valence-electron chi connectivity index (χ3n) is 2.39. The Hall–Kier alpha value is -1.45. The van der Waals surface area contributed by atoms with Gasteiger partial charge in [-0.25, -0.2) is 13.1 Å². The highest BCUT2D eigenvalue weighted by Crippen LogP contribution is 2.15. The molecule has 0 fully saturated rings. The first-order chi connectivity index (χ1) is 8.40. The van der Waals surface area contributed by atoms with E-state index in [0.717, 1.165) is 5.69 Å². The van der Waals surface area contributed by atoms with Crippen LogP contribution in [0.3, 0.4) is 0 Å². The summed E-state index contributed by atoms with van der Waals surface area (Å²) < 4.78 is 28.0. The summed E-state index contributed by atoms with van der Waals surface area (Å²) in [5.74, 6) is 0. The Morgan fingerprint density at radius 1 is 1.56 bits per heavy atom. The Balaban J connectivity index is 2.21. The second-order valence-corrected chi connectivity index (χ2v) is 6.64. The molecule has 9 heteroatoms. The minimum absolute atomic E-state index is 0.0228. The van der Waals surface area contributed by atoms with E-state index < -0.39 is 10.0 Å². The molecule has 0 bridgehead atoms. The van der Waals surface area contributed by atoms with Crippen molar-refractivity contribution in [2.75, 3.05) is 0 Å². The van der Waals surface area contributed by atoms with Crippen LogP contribution in [-0.2, 0) is 23.6 Å². The van der Waals surface area contributed by atoms with Gasteiger partial charge in [0.05, 0.1) is 12.2 Å². The summed E-state index contributed by atoms with van der Waals surface area (Å²) in [5, 5.41) is 3.94. The molecule has 0 radical (unpaired) electrons. The van der Waals surface area contributed by atoms with Crippen LogP contribution in [0, 0.1) is 6.92 Å². The quantitative estimate of drug-likeness (QED) is 0.824. The smallest absolute Gasteiger partial charge is 0.305 e. The fourth-order valence-corrected chi connectivity index (χ4v) is 3.80. The van der Waals surface area contributed by atoms with Gasteiger partial charge < -0.3 is 4.98 Å². The molecule has 2 N–H and O–H groups in total. The first-order valence-electron chi connectivity index (χ1n) is 5.06. The summed E-state index contributed by atoms with van der Waals surface area (Å²) >= 11 is 0.679. The van der Waals surface area contributed by atoms with Gasteiger partial charge in [-0.2, -0.15) is 5.10 Å². The maximum Gasteiger partial charge on any atom is 0.305 e. The molecule has 2 aromatic rings. The van der Waals surface area contributed by atoms with E-state index in [2.05, 4.69) is 14.8 Å². The average Bonchev–Trinajstić information content (AvgIpc) is 2.82. The van der Waals surface area contributed by atoms with Crippen LogP contribution in [0.15, 0.2) is 21.3 Å². The topological polar surface area (TPSA) is 96.8 Å². The largest absolute Gasteiger partial charge is 0.315 e. The average molecular weight is 288 g/mol. The maximum absolute atomic E-state index is 12.0. The monoisotopic (exact) mass is 288 g/mol. The molecule has 0 aliphatic carbocycles. The number of hydrogen-bond donors (Lipinski definition) is 2. The molecule has 7 nitrogen and oxygen atoms in total. The number of thiazole rings is 1. The van der Waals surface area contributed by atoms with Crippen molar-refractivity contribution in [2.24, 2.45) is 7.05 Å². The number of rotatable bonds is 4. The number of aromatic amines is 1. The highest BCUT2D eigenvalue weighted by Gasteiger charge is 2.20. The van der Waals surface area contributed by atoms with Gasteiger partial charge in [-0.15, -0.1) is 0 Å². The number of aromatic nitrogens is 3. The minimum Gasteiger partial charge on any atom is -0.315 e. The second kappa shape index (κ2) is 4.67. The van der Waals surface area contributed by atoms with E-state index in [-0.39, 0.29) is 15.6 Å². The number of aryl methyl sites for hydroxylation is 2. The second-order valence-electron chi connectivity index (χ2n) is 3.70. The Kier molecular flexibility index (Phi) is 3.37. The van der Waals surface area contributed by atoms with E-state index in [1.165, 1.54) is 0 Å². The predicted molar refractivity (Wildman–Crippen MR) is 66.9 cm³/mol. The third-order valence-corrected chi connectivity index (χ3v) is 5.40. The summed E-state index contributed by atoms with van der Waals surface area (Å²) in [6.07, 6.45) is 1.59. The molecule has 2 rings (SSSR count). The number of hydrogen-bond acceptors (Lipinski definition) is 5. The van der Waals surface area contributed by atoms with E-state index in [9.17, 15) is 13.2 Å². The molecule has 0 saturated heterocycles. The van der Waals surface area contributed by atoms with Crippen molar-refractivity contribution in [2.45, 2.75) is 17.7 Å². The molecule has 0 spiro atoms. The van der Waals surface area contributed by atoms with Gasteiger partial charge in [0.25, 0.3) is 10.0 Å². The molecular formula is C9H12N4O3S2. The summed E-state index contributed by atoms with van der Waals surface area (Å²) in [4.78, 5) is 13.2. The van der Waals surface area contributed by atoms with Crippen molar-refractivity contribution < 1.29 is 8.42 Å². The molecule has 2 aromatic heterocycles. The van der Waals surface area contributed by atoms with Crippen LogP contribution >= 0.6 is 11.3 Å². The van der Waals surface area contributed by atoms with Gasteiger partial charge in [0, 0.05) is 18.9 Å². The predicted octanol–water partition coefficient (Wildman–Crippen LogP) is -0.0432. The first-order valence-corrected chi connectivity index (χ1v) is 7.36. The van der Waals surface area contributed by atoms with Crippen LogP contribution in [-0.4, -0.2) is 23.2 Å².